The number of aryl methyl sites for hydroxylation is 2. The lowest BCUT2D eigenvalue weighted by atomic mass is 9.90. The lowest BCUT2D eigenvalue weighted by molar-refractivity contribution is -0.137. The zero-order chi connectivity index (χ0) is 30.7. The van der Waals surface area contributed by atoms with E-state index in [0.29, 0.717) is 43.4 Å². The van der Waals surface area contributed by atoms with Crippen LogP contribution in [-0.4, -0.2) is 48.1 Å². The zero-order valence-electron chi connectivity index (χ0n) is 25.4. The standard InChI is InChI=1S/C33H39N5O4S/c1-6-38-27-9-8-24(20-28(27)36(5)31(40)33(3,4)32(38)41)42-18-7-14-35-26(23-10-15-34-16-11-23)12-17-37-21-22(2)25-13-19-43-29(25)30(37)39/h8-11,13,15-16,19-21,26,35H,6-7,12,14,17-18H2,1-5H3. The van der Waals surface area contributed by atoms with Crippen LogP contribution in [-0.2, 0) is 16.1 Å². The van der Waals surface area contributed by atoms with E-state index >= 15 is 0 Å². The van der Waals surface area contributed by atoms with E-state index in [9.17, 15) is 14.4 Å². The second-order valence-electron chi connectivity index (χ2n) is 11.4. The van der Waals surface area contributed by atoms with Gasteiger partial charge in [0, 0.05) is 56.2 Å². The Morgan fingerprint density at radius 2 is 1.81 bits per heavy atom. The summed E-state index contributed by atoms with van der Waals surface area (Å²) in [4.78, 5) is 46.7. The summed E-state index contributed by atoms with van der Waals surface area (Å²) in [7, 11) is 1.70. The number of hydrogen-bond donors (Lipinski definition) is 1. The molecule has 1 unspecified atom stereocenters. The Labute approximate surface area is 256 Å². The zero-order valence-corrected chi connectivity index (χ0v) is 26.2. The molecule has 9 nitrogen and oxygen atoms in total. The van der Waals surface area contributed by atoms with Gasteiger partial charge in [-0.3, -0.25) is 19.4 Å². The quantitative estimate of drug-likeness (QED) is 0.185. The van der Waals surface area contributed by atoms with Crippen molar-refractivity contribution in [2.75, 3.05) is 36.5 Å². The topological polar surface area (TPSA) is 96.8 Å². The number of carbonyl (C=O) groups excluding carboxylic acids is 2. The number of aromatic nitrogens is 2. The van der Waals surface area contributed by atoms with Crippen molar-refractivity contribution >= 4 is 44.6 Å². The highest BCUT2D eigenvalue weighted by molar-refractivity contribution is 7.17. The largest absolute Gasteiger partial charge is 0.493 e. The van der Waals surface area contributed by atoms with Crippen LogP contribution in [0.3, 0.4) is 0 Å². The summed E-state index contributed by atoms with van der Waals surface area (Å²) in [5.41, 5.74) is 2.49. The molecular weight excluding hydrogens is 562 g/mol. The van der Waals surface area contributed by atoms with E-state index in [1.54, 1.807) is 43.1 Å². The maximum Gasteiger partial charge on any atom is 0.268 e. The summed E-state index contributed by atoms with van der Waals surface area (Å²) in [6.07, 6.45) is 7.03. The number of pyridine rings is 2. The van der Waals surface area contributed by atoms with Crippen molar-refractivity contribution in [2.24, 2.45) is 5.41 Å². The first-order valence-corrected chi connectivity index (χ1v) is 15.6. The first-order valence-electron chi connectivity index (χ1n) is 14.7. The molecule has 0 saturated carbocycles. The molecule has 0 aliphatic carbocycles. The average molecular weight is 602 g/mol. The number of nitrogens with zero attached hydrogens (tertiary/aromatic N) is 4. The maximum atomic E-state index is 13.1. The fourth-order valence-corrected chi connectivity index (χ4v) is 6.62. The summed E-state index contributed by atoms with van der Waals surface area (Å²) < 4.78 is 8.71. The highest BCUT2D eigenvalue weighted by Gasteiger charge is 2.45. The first-order chi connectivity index (χ1) is 20.6. The molecule has 1 N–H and O–H groups in total. The second-order valence-corrected chi connectivity index (χ2v) is 12.4. The van der Waals surface area contributed by atoms with Crippen molar-refractivity contribution in [3.8, 4) is 5.75 Å². The number of hydrogen-bond acceptors (Lipinski definition) is 7. The SMILES string of the molecule is CCN1C(=O)C(C)(C)C(=O)N(C)c2cc(OCCCNC(CCn3cc(C)c4ccsc4c3=O)c3ccncc3)ccc21. The molecule has 5 rings (SSSR count). The van der Waals surface area contributed by atoms with Crippen LogP contribution in [0.4, 0.5) is 11.4 Å². The van der Waals surface area contributed by atoms with Gasteiger partial charge in [-0.2, -0.15) is 0 Å². The minimum absolute atomic E-state index is 0.0438. The molecule has 1 aliphatic heterocycles. The number of nitrogens with one attached hydrogen (secondary N) is 1. The normalized spacial score (nSPS) is 15.5. The van der Waals surface area contributed by atoms with Gasteiger partial charge in [0.15, 0.2) is 0 Å². The van der Waals surface area contributed by atoms with Crippen molar-refractivity contribution in [2.45, 2.75) is 53.1 Å². The Hall–Kier alpha value is -4.02. The van der Waals surface area contributed by atoms with Gasteiger partial charge in [-0.15, -0.1) is 11.3 Å². The molecule has 3 aromatic heterocycles. The number of rotatable bonds is 11. The van der Waals surface area contributed by atoms with Gasteiger partial charge < -0.3 is 24.4 Å². The van der Waals surface area contributed by atoms with Crippen molar-refractivity contribution < 1.29 is 14.3 Å². The number of ether oxygens (including phenoxy) is 1. The summed E-state index contributed by atoms with van der Waals surface area (Å²) in [5.74, 6) is 0.193. The van der Waals surface area contributed by atoms with Crippen LogP contribution >= 0.6 is 11.3 Å². The number of fused-ring (bicyclic) bond motifs is 2. The lowest BCUT2D eigenvalue weighted by Crippen LogP contribution is -2.47. The van der Waals surface area contributed by atoms with Crippen LogP contribution in [0.5, 0.6) is 5.75 Å². The molecule has 0 fully saturated rings. The van der Waals surface area contributed by atoms with E-state index < -0.39 is 5.41 Å². The van der Waals surface area contributed by atoms with Crippen LogP contribution in [0.25, 0.3) is 10.1 Å². The van der Waals surface area contributed by atoms with Gasteiger partial charge >= 0.3 is 0 Å². The fraction of sp³-hybridized carbons (Fsp3) is 0.394. The molecule has 4 heterocycles. The van der Waals surface area contributed by atoms with Crippen molar-refractivity contribution in [3.05, 3.63) is 81.8 Å². The monoisotopic (exact) mass is 601 g/mol. The molecule has 0 bridgehead atoms. The molecule has 1 aliphatic rings. The van der Waals surface area contributed by atoms with Crippen LogP contribution in [0.1, 0.15) is 50.8 Å². The maximum absolute atomic E-state index is 13.1. The van der Waals surface area contributed by atoms with Crippen molar-refractivity contribution in [1.82, 2.24) is 14.9 Å². The average Bonchev–Trinajstić information content (AvgIpc) is 3.51. The van der Waals surface area contributed by atoms with Gasteiger partial charge in [0.2, 0.25) is 11.8 Å². The Balaban J connectivity index is 1.22. The van der Waals surface area contributed by atoms with E-state index in [4.69, 9.17) is 4.74 Å². The molecule has 4 aromatic rings. The highest BCUT2D eigenvalue weighted by atomic mass is 32.1. The Morgan fingerprint density at radius 3 is 2.56 bits per heavy atom. The fourth-order valence-electron chi connectivity index (χ4n) is 5.70. The first kappa shape index (κ1) is 30.4. The molecule has 10 heteroatoms. The molecule has 1 aromatic carbocycles. The van der Waals surface area contributed by atoms with Gasteiger partial charge in [0.05, 0.1) is 22.7 Å². The van der Waals surface area contributed by atoms with Gasteiger partial charge in [-0.1, -0.05) is 0 Å². The minimum atomic E-state index is -1.15. The van der Waals surface area contributed by atoms with Crippen LogP contribution in [0.2, 0.25) is 0 Å². The number of benzene rings is 1. The van der Waals surface area contributed by atoms with Gasteiger partial charge in [-0.05, 0) is 93.9 Å². The molecule has 0 radical (unpaired) electrons. The molecular formula is C33H39N5O4S. The third kappa shape index (κ3) is 6.07. The third-order valence-electron chi connectivity index (χ3n) is 8.18. The second kappa shape index (κ2) is 12.7. The van der Waals surface area contributed by atoms with Gasteiger partial charge in [0.25, 0.3) is 5.56 Å². The number of anilines is 2. The summed E-state index contributed by atoms with van der Waals surface area (Å²) in [5, 5.41) is 6.64. The van der Waals surface area contributed by atoms with Crippen molar-refractivity contribution in [3.63, 3.8) is 0 Å². The molecule has 226 valence electrons. The van der Waals surface area contributed by atoms with E-state index in [-0.39, 0.29) is 23.4 Å². The molecule has 0 saturated heterocycles. The number of amides is 2. The third-order valence-corrected chi connectivity index (χ3v) is 9.08. The van der Waals surface area contributed by atoms with E-state index in [0.717, 1.165) is 34.1 Å². The van der Waals surface area contributed by atoms with Crippen LogP contribution in [0.15, 0.2) is 65.2 Å². The molecule has 43 heavy (non-hydrogen) atoms. The molecule has 2 amide bonds. The van der Waals surface area contributed by atoms with Gasteiger partial charge in [-0.25, -0.2) is 0 Å². The van der Waals surface area contributed by atoms with Gasteiger partial charge in [0.1, 0.15) is 11.2 Å². The predicted octanol–water partition coefficient (Wildman–Crippen LogP) is 5.31. The summed E-state index contributed by atoms with van der Waals surface area (Å²) >= 11 is 1.49. The van der Waals surface area contributed by atoms with E-state index in [1.165, 1.54) is 11.3 Å². The van der Waals surface area contributed by atoms with E-state index in [1.807, 2.05) is 66.4 Å². The molecule has 1 atom stereocenters. The minimum Gasteiger partial charge on any atom is -0.493 e. The summed E-state index contributed by atoms with van der Waals surface area (Å²) in [6.45, 7) is 9.55. The van der Waals surface area contributed by atoms with Crippen molar-refractivity contribution in [1.29, 1.82) is 0 Å². The number of thiophene rings is 1. The van der Waals surface area contributed by atoms with Crippen LogP contribution in [0, 0.1) is 12.3 Å². The molecule has 0 spiro atoms. The van der Waals surface area contributed by atoms with Crippen LogP contribution < -0.4 is 25.4 Å². The predicted molar refractivity (Wildman–Crippen MR) is 172 cm³/mol. The Morgan fingerprint density at radius 1 is 1.05 bits per heavy atom. The lowest BCUT2D eigenvalue weighted by Gasteiger charge is -2.27. The summed E-state index contributed by atoms with van der Waals surface area (Å²) in [6, 6.07) is 11.6. The number of carbonyl (C=O) groups is 2. The Kier molecular flexibility index (Phi) is 8.98. The smallest absolute Gasteiger partial charge is 0.268 e. The highest BCUT2D eigenvalue weighted by Crippen LogP contribution is 2.40. The van der Waals surface area contributed by atoms with E-state index in [2.05, 4.69) is 10.3 Å². The Bertz CT molecular complexity index is 1680.